The summed E-state index contributed by atoms with van der Waals surface area (Å²) in [6.45, 7) is 3.15. The van der Waals surface area contributed by atoms with Crippen LogP contribution >= 0.6 is 15.9 Å². The Morgan fingerprint density at radius 2 is 1.53 bits per heavy atom. The Bertz CT molecular complexity index is 1470. The lowest BCUT2D eigenvalue weighted by Crippen LogP contribution is -2.40. The Hall–Kier alpha value is -2.89. The Morgan fingerprint density at radius 1 is 0.853 bits per heavy atom. The summed E-state index contributed by atoms with van der Waals surface area (Å²) in [5.74, 6) is 0.00708. The molecule has 0 saturated carbocycles. The van der Waals surface area contributed by atoms with Gasteiger partial charge < -0.3 is 4.90 Å². The monoisotopic (exact) mass is 531 g/mol. The van der Waals surface area contributed by atoms with Crippen molar-refractivity contribution in [1.82, 2.24) is 0 Å². The van der Waals surface area contributed by atoms with Crippen molar-refractivity contribution in [3.63, 3.8) is 0 Å². The van der Waals surface area contributed by atoms with Gasteiger partial charge in [-0.25, -0.2) is 8.42 Å². The van der Waals surface area contributed by atoms with Gasteiger partial charge in [0.05, 0.1) is 16.3 Å². The van der Waals surface area contributed by atoms with Crippen molar-refractivity contribution in [3.05, 3.63) is 113 Å². The molecule has 0 amide bonds. The van der Waals surface area contributed by atoms with E-state index >= 15 is 0 Å². The number of anilines is 1. The Balaban J connectivity index is 1.79. The van der Waals surface area contributed by atoms with E-state index in [1.165, 1.54) is 0 Å². The largest absolute Gasteiger partial charge is 0.366 e. The second kappa shape index (κ2) is 9.40. The SMILES string of the molecule is Cc1ccccc1N1CC(S(=O)(=O)c2ccccc2)=C(c2cccc3ccccc23)C(CBr)C1. The van der Waals surface area contributed by atoms with E-state index in [1.807, 2.05) is 36.4 Å². The molecule has 0 aromatic heterocycles. The first-order valence-electron chi connectivity index (χ1n) is 11.4. The van der Waals surface area contributed by atoms with Crippen LogP contribution in [0.3, 0.4) is 0 Å². The van der Waals surface area contributed by atoms with Crippen molar-refractivity contribution in [2.45, 2.75) is 11.8 Å². The maximum atomic E-state index is 14.1. The summed E-state index contributed by atoms with van der Waals surface area (Å²) in [6.07, 6.45) is 0. The molecule has 0 radical (unpaired) electrons. The van der Waals surface area contributed by atoms with E-state index in [2.05, 4.69) is 64.2 Å². The molecule has 0 bridgehead atoms. The minimum absolute atomic E-state index is 0.00708. The quantitative estimate of drug-likeness (QED) is 0.264. The predicted molar refractivity (Wildman–Crippen MR) is 145 cm³/mol. The molecule has 1 heterocycles. The number of rotatable bonds is 5. The van der Waals surface area contributed by atoms with E-state index in [4.69, 9.17) is 0 Å². The van der Waals surface area contributed by atoms with Crippen molar-refractivity contribution >= 4 is 47.8 Å². The summed E-state index contributed by atoms with van der Waals surface area (Å²) in [7, 11) is -3.71. The van der Waals surface area contributed by atoms with E-state index in [0.29, 0.717) is 21.7 Å². The molecule has 1 aliphatic heterocycles. The van der Waals surface area contributed by atoms with Crippen molar-refractivity contribution in [3.8, 4) is 0 Å². The van der Waals surface area contributed by atoms with Gasteiger partial charge in [-0.05, 0) is 52.6 Å². The average Bonchev–Trinajstić information content (AvgIpc) is 2.88. The summed E-state index contributed by atoms with van der Waals surface area (Å²) < 4.78 is 28.3. The van der Waals surface area contributed by atoms with Crippen molar-refractivity contribution in [1.29, 1.82) is 0 Å². The highest BCUT2D eigenvalue weighted by Crippen LogP contribution is 2.42. The lowest BCUT2D eigenvalue weighted by molar-refractivity contribution is 0.596. The van der Waals surface area contributed by atoms with Crippen LogP contribution in [0, 0.1) is 12.8 Å². The Kier molecular flexibility index (Phi) is 6.32. The molecule has 1 aliphatic rings. The topological polar surface area (TPSA) is 37.4 Å². The summed E-state index contributed by atoms with van der Waals surface area (Å²) in [5.41, 5.74) is 4.14. The molecule has 1 atom stereocenters. The number of para-hydroxylation sites is 1. The van der Waals surface area contributed by atoms with E-state index in [-0.39, 0.29) is 5.92 Å². The average molecular weight is 533 g/mol. The third kappa shape index (κ3) is 4.08. The van der Waals surface area contributed by atoms with E-state index in [1.54, 1.807) is 24.3 Å². The van der Waals surface area contributed by atoms with Gasteiger partial charge in [0, 0.05) is 23.5 Å². The molecule has 4 aromatic rings. The minimum Gasteiger partial charge on any atom is -0.366 e. The third-order valence-electron chi connectivity index (χ3n) is 6.58. The molecule has 4 aromatic carbocycles. The number of hydrogen-bond donors (Lipinski definition) is 0. The lowest BCUT2D eigenvalue weighted by Gasteiger charge is -2.38. The zero-order valence-electron chi connectivity index (χ0n) is 19.0. The van der Waals surface area contributed by atoms with Crippen molar-refractivity contribution < 1.29 is 8.42 Å². The van der Waals surface area contributed by atoms with Crippen LogP contribution in [-0.2, 0) is 9.84 Å². The normalized spacial score (nSPS) is 16.8. The molecule has 0 fully saturated rings. The fourth-order valence-electron chi connectivity index (χ4n) is 4.94. The molecule has 3 nitrogen and oxygen atoms in total. The molecule has 1 unspecified atom stereocenters. The maximum absolute atomic E-state index is 14.1. The van der Waals surface area contributed by atoms with Gasteiger partial charge in [-0.2, -0.15) is 0 Å². The van der Waals surface area contributed by atoms with E-state index in [9.17, 15) is 8.42 Å². The van der Waals surface area contributed by atoms with Gasteiger partial charge in [0.1, 0.15) is 0 Å². The number of hydrogen-bond acceptors (Lipinski definition) is 3. The van der Waals surface area contributed by atoms with Gasteiger partial charge in [-0.15, -0.1) is 0 Å². The van der Waals surface area contributed by atoms with Crippen molar-refractivity contribution in [2.24, 2.45) is 5.92 Å². The van der Waals surface area contributed by atoms with Gasteiger partial charge >= 0.3 is 0 Å². The number of halogens is 1. The summed E-state index contributed by atoms with van der Waals surface area (Å²) in [4.78, 5) is 3.03. The highest BCUT2D eigenvalue weighted by molar-refractivity contribution is 9.09. The van der Waals surface area contributed by atoms with E-state index in [0.717, 1.165) is 39.7 Å². The molecule has 5 heteroatoms. The van der Waals surface area contributed by atoms with E-state index < -0.39 is 9.84 Å². The smallest absolute Gasteiger partial charge is 0.204 e. The Morgan fingerprint density at radius 3 is 2.29 bits per heavy atom. The van der Waals surface area contributed by atoms with Crippen LogP contribution < -0.4 is 4.90 Å². The van der Waals surface area contributed by atoms with Gasteiger partial charge in [-0.1, -0.05) is 94.8 Å². The molecule has 0 saturated heterocycles. The molecular weight excluding hydrogens is 506 g/mol. The highest BCUT2D eigenvalue weighted by Gasteiger charge is 2.36. The first-order valence-corrected chi connectivity index (χ1v) is 14.0. The van der Waals surface area contributed by atoms with Crippen LogP contribution in [0.2, 0.25) is 0 Å². The number of aryl methyl sites for hydroxylation is 1. The van der Waals surface area contributed by atoms with Gasteiger partial charge in [0.15, 0.2) is 0 Å². The van der Waals surface area contributed by atoms with Crippen LogP contribution in [0.5, 0.6) is 0 Å². The minimum atomic E-state index is -3.71. The van der Waals surface area contributed by atoms with Crippen LogP contribution in [-0.4, -0.2) is 26.8 Å². The van der Waals surface area contributed by atoms with Crippen LogP contribution in [0.4, 0.5) is 5.69 Å². The number of benzene rings is 4. The molecular formula is C29H26BrNO2S. The number of sulfone groups is 1. The summed E-state index contributed by atoms with van der Waals surface area (Å²) in [5, 5.41) is 2.86. The van der Waals surface area contributed by atoms with Crippen molar-refractivity contribution in [2.75, 3.05) is 23.3 Å². The zero-order chi connectivity index (χ0) is 23.7. The zero-order valence-corrected chi connectivity index (χ0v) is 21.4. The van der Waals surface area contributed by atoms with Crippen LogP contribution in [0.1, 0.15) is 11.1 Å². The second-order valence-electron chi connectivity index (χ2n) is 8.70. The lowest BCUT2D eigenvalue weighted by atomic mass is 9.87. The third-order valence-corrected chi connectivity index (χ3v) is 9.26. The first kappa shape index (κ1) is 22.9. The molecule has 0 spiro atoms. The number of nitrogens with zero attached hydrogens (tertiary/aromatic N) is 1. The predicted octanol–water partition coefficient (Wildman–Crippen LogP) is 6.86. The summed E-state index contributed by atoms with van der Waals surface area (Å²) >= 11 is 3.73. The Labute approximate surface area is 209 Å². The van der Waals surface area contributed by atoms with Gasteiger partial charge in [0.2, 0.25) is 9.84 Å². The molecule has 0 aliphatic carbocycles. The maximum Gasteiger partial charge on any atom is 0.204 e. The number of fused-ring (bicyclic) bond motifs is 1. The van der Waals surface area contributed by atoms with Crippen LogP contribution in [0.15, 0.2) is 107 Å². The van der Waals surface area contributed by atoms with Crippen LogP contribution in [0.25, 0.3) is 16.3 Å². The highest BCUT2D eigenvalue weighted by atomic mass is 79.9. The second-order valence-corrected chi connectivity index (χ2v) is 11.3. The number of alkyl halides is 1. The molecule has 5 rings (SSSR count). The van der Waals surface area contributed by atoms with Gasteiger partial charge in [0.25, 0.3) is 0 Å². The van der Waals surface area contributed by atoms with Gasteiger partial charge in [-0.3, -0.25) is 0 Å². The molecule has 0 N–H and O–H groups in total. The molecule has 34 heavy (non-hydrogen) atoms. The molecule has 172 valence electrons. The standard InChI is InChI=1S/C29H26BrNO2S/c1-21-10-5-8-17-27(21)31-19-23(18-30)29(26-16-9-12-22-11-6-7-15-25(22)26)28(20-31)34(32,33)24-13-3-2-4-14-24/h2-17,23H,18-20H2,1H3. The summed E-state index contributed by atoms with van der Waals surface area (Å²) in [6, 6.07) is 31.4. The fraction of sp³-hybridized carbons (Fsp3) is 0.172. The fourth-order valence-corrected chi connectivity index (χ4v) is 7.16. The first-order chi connectivity index (χ1) is 16.5.